The van der Waals surface area contributed by atoms with Gasteiger partial charge in [0.1, 0.15) is 0 Å². The van der Waals surface area contributed by atoms with Gasteiger partial charge in [0.05, 0.1) is 10.5 Å². The first kappa shape index (κ1) is 16.7. The Kier molecular flexibility index (Phi) is 5.90. The van der Waals surface area contributed by atoms with Crippen molar-refractivity contribution < 1.29 is 14.8 Å². The molecule has 6 heteroatoms. The van der Waals surface area contributed by atoms with Crippen LogP contribution in [0.15, 0.2) is 24.3 Å². The quantitative estimate of drug-likeness (QED) is 0.473. The van der Waals surface area contributed by atoms with Crippen molar-refractivity contribution in [3.05, 3.63) is 40.0 Å². The first-order valence-electron chi connectivity index (χ1n) is 6.86. The number of benzene rings is 1. The molecular formula is C15H20N2O4. The number of anilines is 1. The number of nitro groups is 1. The number of hydrogen-bond donors (Lipinski definition) is 1. The Bertz CT molecular complexity index is 555. The molecule has 0 heterocycles. The van der Waals surface area contributed by atoms with Crippen molar-refractivity contribution in [1.29, 1.82) is 0 Å². The number of nitrogens with zero attached hydrogens (tertiary/aromatic N) is 2. The molecular weight excluding hydrogens is 272 g/mol. The Morgan fingerprint density at radius 1 is 1.48 bits per heavy atom. The van der Waals surface area contributed by atoms with Crippen molar-refractivity contribution in [3.63, 3.8) is 0 Å². The van der Waals surface area contributed by atoms with Crippen LogP contribution in [0.1, 0.15) is 32.8 Å². The van der Waals surface area contributed by atoms with Crippen LogP contribution < -0.4 is 4.90 Å². The summed E-state index contributed by atoms with van der Waals surface area (Å²) in [4.78, 5) is 23.3. The molecule has 1 rings (SSSR count). The molecule has 0 spiro atoms. The molecule has 1 unspecified atom stereocenters. The highest BCUT2D eigenvalue weighted by atomic mass is 16.6. The summed E-state index contributed by atoms with van der Waals surface area (Å²) in [6.45, 7) is 6.94. The van der Waals surface area contributed by atoms with E-state index in [4.69, 9.17) is 5.11 Å². The topological polar surface area (TPSA) is 83.7 Å². The summed E-state index contributed by atoms with van der Waals surface area (Å²) in [5, 5.41) is 19.7. The molecule has 1 aromatic rings. The standard InChI is InChI=1S/C15H20N2O4/c1-4-11(3)16(5-2)13-7-8-14(17(20)21)12(10-13)6-9-15(18)19/h6-11H,4-5H2,1-3H3,(H,18,19)/b9-6+. The Hall–Kier alpha value is -2.37. The maximum Gasteiger partial charge on any atom is 0.328 e. The van der Waals surface area contributed by atoms with Gasteiger partial charge in [0.2, 0.25) is 0 Å². The lowest BCUT2D eigenvalue weighted by Crippen LogP contribution is -2.32. The second-order valence-electron chi connectivity index (χ2n) is 4.72. The average Bonchev–Trinajstić information content (AvgIpc) is 2.45. The van der Waals surface area contributed by atoms with Gasteiger partial charge in [-0.15, -0.1) is 0 Å². The molecule has 0 aromatic heterocycles. The zero-order chi connectivity index (χ0) is 16.0. The van der Waals surface area contributed by atoms with Crippen LogP contribution in [-0.2, 0) is 4.79 Å². The molecule has 0 amide bonds. The van der Waals surface area contributed by atoms with Gasteiger partial charge in [0.15, 0.2) is 0 Å². The maximum absolute atomic E-state index is 11.0. The van der Waals surface area contributed by atoms with Crippen molar-refractivity contribution in [2.45, 2.75) is 33.2 Å². The van der Waals surface area contributed by atoms with Crippen LogP contribution in [0.4, 0.5) is 11.4 Å². The van der Waals surface area contributed by atoms with E-state index in [-0.39, 0.29) is 5.69 Å². The van der Waals surface area contributed by atoms with Crippen LogP contribution in [0.2, 0.25) is 0 Å². The van der Waals surface area contributed by atoms with E-state index < -0.39 is 10.9 Å². The van der Waals surface area contributed by atoms with Crippen LogP contribution in [0.3, 0.4) is 0 Å². The number of carbonyl (C=O) groups is 1. The summed E-state index contributed by atoms with van der Waals surface area (Å²) in [5.41, 5.74) is 1.04. The third-order valence-corrected chi connectivity index (χ3v) is 3.41. The number of carboxylic acids is 1. The first-order chi connectivity index (χ1) is 9.90. The Morgan fingerprint density at radius 3 is 2.62 bits per heavy atom. The predicted molar refractivity (Wildman–Crippen MR) is 82.5 cm³/mol. The molecule has 0 saturated heterocycles. The van der Waals surface area contributed by atoms with Crippen LogP contribution in [-0.4, -0.2) is 28.6 Å². The zero-order valence-electron chi connectivity index (χ0n) is 12.4. The van der Waals surface area contributed by atoms with Gasteiger partial charge in [0.25, 0.3) is 5.69 Å². The lowest BCUT2D eigenvalue weighted by molar-refractivity contribution is -0.385. The van der Waals surface area contributed by atoms with Gasteiger partial charge < -0.3 is 10.0 Å². The van der Waals surface area contributed by atoms with Gasteiger partial charge in [-0.1, -0.05) is 6.92 Å². The molecule has 0 fully saturated rings. The molecule has 0 aliphatic carbocycles. The highest BCUT2D eigenvalue weighted by Crippen LogP contribution is 2.27. The normalized spacial score (nSPS) is 12.3. The second-order valence-corrected chi connectivity index (χ2v) is 4.72. The zero-order valence-corrected chi connectivity index (χ0v) is 12.4. The summed E-state index contributed by atoms with van der Waals surface area (Å²) < 4.78 is 0. The van der Waals surface area contributed by atoms with Crippen molar-refractivity contribution in [3.8, 4) is 0 Å². The van der Waals surface area contributed by atoms with E-state index >= 15 is 0 Å². The van der Waals surface area contributed by atoms with Gasteiger partial charge >= 0.3 is 5.97 Å². The molecule has 1 N–H and O–H groups in total. The van der Waals surface area contributed by atoms with Gasteiger partial charge in [-0.05, 0) is 38.5 Å². The number of rotatable bonds is 7. The summed E-state index contributed by atoms with van der Waals surface area (Å²) >= 11 is 0. The fraction of sp³-hybridized carbons (Fsp3) is 0.400. The Labute approximate surface area is 123 Å². The third-order valence-electron chi connectivity index (χ3n) is 3.41. The largest absolute Gasteiger partial charge is 0.478 e. The Morgan fingerprint density at radius 2 is 2.14 bits per heavy atom. The van der Waals surface area contributed by atoms with E-state index in [2.05, 4.69) is 18.7 Å². The second kappa shape index (κ2) is 7.42. The van der Waals surface area contributed by atoms with Crippen LogP contribution >= 0.6 is 0 Å². The van der Waals surface area contributed by atoms with Crippen molar-refractivity contribution >= 4 is 23.4 Å². The number of nitro benzene ring substituents is 1. The van der Waals surface area contributed by atoms with E-state index in [1.54, 1.807) is 12.1 Å². The van der Waals surface area contributed by atoms with Gasteiger partial charge in [-0.3, -0.25) is 10.1 Å². The monoisotopic (exact) mass is 292 g/mol. The lowest BCUT2D eigenvalue weighted by atomic mass is 10.1. The summed E-state index contributed by atoms with van der Waals surface area (Å²) in [7, 11) is 0. The van der Waals surface area contributed by atoms with E-state index in [1.807, 2.05) is 6.92 Å². The number of carboxylic acid groups (broad SMARTS) is 1. The predicted octanol–water partition coefficient (Wildman–Crippen LogP) is 3.32. The lowest BCUT2D eigenvalue weighted by Gasteiger charge is -2.29. The maximum atomic E-state index is 11.0. The number of aliphatic carboxylic acids is 1. The number of hydrogen-bond acceptors (Lipinski definition) is 4. The molecule has 114 valence electrons. The van der Waals surface area contributed by atoms with E-state index in [9.17, 15) is 14.9 Å². The molecule has 0 bridgehead atoms. The molecule has 0 aliphatic rings. The highest BCUT2D eigenvalue weighted by molar-refractivity contribution is 5.86. The highest BCUT2D eigenvalue weighted by Gasteiger charge is 2.16. The van der Waals surface area contributed by atoms with Crippen molar-refractivity contribution in [2.24, 2.45) is 0 Å². The third kappa shape index (κ3) is 4.30. The van der Waals surface area contributed by atoms with Gasteiger partial charge in [-0.2, -0.15) is 0 Å². The van der Waals surface area contributed by atoms with Crippen molar-refractivity contribution in [1.82, 2.24) is 0 Å². The minimum absolute atomic E-state index is 0.101. The minimum Gasteiger partial charge on any atom is -0.478 e. The van der Waals surface area contributed by atoms with E-state index in [1.165, 1.54) is 12.1 Å². The summed E-state index contributed by atoms with van der Waals surface area (Å²) in [6.07, 6.45) is 3.12. The van der Waals surface area contributed by atoms with Crippen LogP contribution in [0.5, 0.6) is 0 Å². The summed E-state index contributed by atoms with van der Waals surface area (Å²) in [6, 6.07) is 5.08. The fourth-order valence-corrected chi connectivity index (χ4v) is 2.15. The van der Waals surface area contributed by atoms with Gasteiger partial charge in [-0.25, -0.2) is 4.79 Å². The van der Waals surface area contributed by atoms with Crippen molar-refractivity contribution in [2.75, 3.05) is 11.4 Å². The molecule has 0 saturated carbocycles. The first-order valence-corrected chi connectivity index (χ1v) is 6.86. The molecule has 1 atom stereocenters. The summed E-state index contributed by atoms with van der Waals surface area (Å²) in [5.74, 6) is -1.14. The fourth-order valence-electron chi connectivity index (χ4n) is 2.15. The molecule has 6 nitrogen and oxygen atoms in total. The Balaban J connectivity index is 3.28. The van der Waals surface area contributed by atoms with E-state index in [0.717, 1.165) is 24.7 Å². The SMILES string of the molecule is CCC(C)N(CC)c1ccc([N+](=O)[O-])c(/C=C/C(=O)O)c1. The molecule has 21 heavy (non-hydrogen) atoms. The smallest absolute Gasteiger partial charge is 0.328 e. The molecule has 1 aromatic carbocycles. The average molecular weight is 292 g/mol. The van der Waals surface area contributed by atoms with E-state index in [0.29, 0.717) is 11.6 Å². The van der Waals surface area contributed by atoms with Gasteiger partial charge in [0, 0.05) is 30.4 Å². The molecule has 0 radical (unpaired) electrons. The van der Waals surface area contributed by atoms with Crippen LogP contribution in [0.25, 0.3) is 6.08 Å². The minimum atomic E-state index is -1.14. The van der Waals surface area contributed by atoms with Crippen LogP contribution in [0, 0.1) is 10.1 Å². The molecule has 0 aliphatic heterocycles.